The summed E-state index contributed by atoms with van der Waals surface area (Å²) in [6, 6.07) is 7.14. The maximum atomic E-state index is 13.5. The predicted molar refractivity (Wildman–Crippen MR) is 69.1 cm³/mol. The molecule has 0 heterocycles. The van der Waals surface area contributed by atoms with Gasteiger partial charge in [-0.25, -0.2) is 13.6 Å². The third-order valence-electron chi connectivity index (χ3n) is 2.58. The Hall–Kier alpha value is -2.14. The van der Waals surface area contributed by atoms with Crippen molar-refractivity contribution in [2.45, 2.75) is 6.61 Å². The first kappa shape index (κ1) is 14.3. The molecule has 0 unspecified atom stereocenters. The average Bonchev–Trinajstić information content (AvgIpc) is 2.41. The second-order valence-corrected chi connectivity index (χ2v) is 4.38. The van der Waals surface area contributed by atoms with Gasteiger partial charge in [0.15, 0.2) is 0 Å². The zero-order valence-corrected chi connectivity index (χ0v) is 10.8. The molecule has 3 nitrogen and oxygen atoms in total. The number of carboxylic acids is 1. The summed E-state index contributed by atoms with van der Waals surface area (Å²) < 4.78 is 31.7. The molecule has 0 bridgehead atoms. The molecule has 0 amide bonds. The van der Waals surface area contributed by atoms with Gasteiger partial charge in [0.05, 0.1) is 10.6 Å². The minimum Gasteiger partial charge on any atom is -0.489 e. The number of carboxylic acid groups (broad SMARTS) is 1. The highest BCUT2D eigenvalue weighted by Crippen LogP contribution is 2.22. The van der Waals surface area contributed by atoms with Crippen LogP contribution in [0.1, 0.15) is 15.9 Å². The average molecular weight is 299 g/mol. The van der Waals surface area contributed by atoms with E-state index in [4.69, 9.17) is 21.4 Å². The Morgan fingerprint density at radius 1 is 1.15 bits per heavy atom. The van der Waals surface area contributed by atoms with Crippen molar-refractivity contribution in [1.29, 1.82) is 0 Å². The Labute approximate surface area is 118 Å². The van der Waals surface area contributed by atoms with Gasteiger partial charge >= 0.3 is 5.97 Å². The molecule has 0 fully saturated rings. The number of halogens is 3. The standard InChI is InChI=1S/C14H9ClF2O3/c15-11-6-10(2-4-13(11)17)20-7-9-5-8(14(18)19)1-3-12(9)16/h1-6H,7H2,(H,18,19). The summed E-state index contributed by atoms with van der Waals surface area (Å²) in [6.45, 7) is -0.186. The van der Waals surface area contributed by atoms with Gasteiger partial charge in [-0.15, -0.1) is 0 Å². The minimum absolute atomic E-state index is 0.0397. The van der Waals surface area contributed by atoms with E-state index in [1.807, 2.05) is 0 Å². The van der Waals surface area contributed by atoms with Crippen LogP contribution in [-0.2, 0) is 6.61 Å². The van der Waals surface area contributed by atoms with Gasteiger partial charge < -0.3 is 9.84 Å². The van der Waals surface area contributed by atoms with Crippen LogP contribution in [0.4, 0.5) is 8.78 Å². The fourth-order valence-electron chi connectivity index (χ4n) is 1.55. The number of aromatic carboxylic acids is 1. The van der Waals surface area contributed by atoms with E-state index in [1.165, 1.54) is 18.2 Å². The molecule has 6 heteroatoms. The molecular formula is C14H9ClF2O3. The molecule has 0 saturated carbocycles. The van der Waals surface area contributed by atoms with Gasteiger partial charge in [-0.3, -0.25) is 0 Å². The normalized spacial score (nSPS) is 10.3. The number of ether oxygens (including phenoxy) is 1. The van der Waals surface area contributed by atoms with E-state index in [0.29, 0.717) is 0 Å². The molecule has 0 aliphatic heterocycles. The Balaban J connectivity index is 2.15. The number of benzene rings is 2. The highest BCUT2D eigenvalue weighted by atomic mass is 35.5. The van der Waals surface area contributed by atoms with Crippen molar-refractivity contribution < 1.29 is 23.4 Å². The molecule has 20 heavy (non-hydrogen) atoms. The molecule has 0 aliphatic carbocycles. The molecule has 2 aromatic carbocycles. The summed E-state index contributed by atoms with van der Waals surface area (Å²) in [5.41, 5.74) is 0.0486. The lowest BCUT2D eigenvalue weighted by Crippen LogP contribution is -2.03. The molecule has 0 aliphatic rings. The van der Waals surface area contributed by atoms with E-state index in [9.17, 15) is 13.6 Å². The molecule has 0 spiro atoms. The van der Waals surface area contributed by atoms with E-state index >= 15 is 0 Å². The third kappa shape index (κ3) is 3.24. The van der Waals surface area contributed by atoms with E-state index in [0.717, 1.165) is 18.2 Å². The summed E-state index contributed by atoms with van der Waals surface area (Å²) in [5, 5.41) is 8.72. The largest absolute Gasteiger partial charge is 0.489 e. The molecule has 0 radical (unpaired) electrons. The highest BCUT2D eigenvalue weighted by Gasteiger charge is 2.09. The highest BCUT2D eigenvalue weighted by molar-refractivity contribution is 6.30. The lowest BCUT2D eigenvalue weighted by atomic mass is 10.1. The van der Waals surface area contributed by atoms with E-state index in [2.05, 4.69) is 0 Å². The number of hydrogen-bond donors (Lipinski definition) is 1. The van der Waals surface area contributed by atoms with Crippen LogP contribution < -0.4 is 4.74 Å². The maximum absolute atomic E-state index is 13.5. The van der Waals surface area contributed by atoms with E-state index < -0.39 is 17.6 Å². The van der Waals surface area contributed by atoms with Crippen LogP contribution in [0, 0.1) is 11.6 Å². The smallest absolute Gasteiger partial charge is 0.335 e. The van der Waals surface area contributed by atoms with Gasteiger partial charge in [0.1, 0.15) is 24.0 Å². The second kappa shape index (κ2) is 5.88. The fraction of sp³-hybridized carbons (Fsp3) is 0.0714. The predicted octanol–water partition coefficient (Wildman–Crippen LogP) is 3.90. The quantitative estimate of drug-likeness (QED) is 0.931. The monoisotopic (exact) mass is 298 g/mol. The molecule has 1 N–H and O–H groups in total. The zero-order chi connectivity index (χ0) is 14.7. The Morgan fingerprint density at radius 3 is 2.50 bits per heavy atom. The van der Waals surface area contributed by atoms with Crippen LogP contribution in [0.2, 0.25) is 5.02 Å². The summed E-state index contributed by atoms with van der Waals surface area (Å²) in [7, 11) is 0. The zero-order valence-electron chi connectivity index (χ0n) is 10.1. The first-order valence-corrected chi connectivity index (χ1v) is 5.95. The first-order valence-electron chi connectivity index (χ1n) is 5.57. The van der Waals surface area contributed by atoms with Crippen LogP contribution in [0.25, 0.3) is 0 Å². The topological polar surface area (TPSA) is 46.5 Å². The first-order chi connectivity index (χ1) is 9.47. The third-order valence-corrected chi connectivity index (χ3v) is 2.87. The van der Waals surface area contributed by atoms with Crippen LogP contribution >= 0.6 is 11.6 Å². The van der Waals surface area contributed by atoms with Crippen LogP contribution in [0.3, 0.4) is 0 Å². The van der Waals surface area contributed by atoms with Crippen molar-refractivity contribution in [1.82, 2.24) is 0 Å². The van der Waals surface area contributed by atoms with Crippen molar-refractivity contribution in [3.8, 4) is 5.75 Å². The van der Waals surface area contributed by atoms with E-state index in [1.54, 1.807) is 0 Å². The molecule has 0 atom stereocenters. The van der Waals surface area contributed by atoms with Gasteiger partial charge in [0.2, 0.25) is 0 Å². The lowest BCUT2D eigenvalue weighted by molar-refractivity contribution is 0.0696. The molecule has 0 saturated heterocycles. The van der Waals surface area contributed by atoms with Gasteiger partial charge in [0.25, 0.3) is 0 Å². The van der Waals surface area contributed by atoms with Crippen molar-refractivity contribution in [2.24, 2.45) is 0 Å². The molecule has 0 aromatic heterocycles. The van der Waals surface area contributed by atoms with Crippen molar-refractivity contribution in [3.05, 3.63) is 64.2 Å². The van der Waals surface area contributed by atoms with Crippen molar-refractivity contribution in [2.75, 3.05) is 0 Å². The van der Waals surface area contributed by atoms with Crippen LogP contribution in [0.5, 0.6) is 5.75 Å². The minimum atomic E-state index is -1.16. The number of carbonyl (C=O) groups is 1. The summed E-state index contributed by atoms with van der Waals surface area (Å²) in [4.78, 5) is 10.8. The SMILES string of the molecule is O=C(O)c1ccc(F)c(COc2ccc(F)c(Cl)c2)c1. The van der Waals surface area contributed by atoms with Gasteiger partial charge in [-0.05, 0) is 30.3 Å². The van der Waals surface area contributed by atoms with Gasteiger partial charge in [0, 0.05) is 11.6 Å². The van der Waals surface area contributed by atoms with Crippen LogP contribution in [0.15, 0.2) is 36.4 Å². The summed E-state index contributed by atoms with van der Waals surface area (Å²) >= 11 is 5.59. The maximum Gasteiger partial charge on any atom is 0.335 e. The Morgan fingerprint density at radius 2 is 1.85 bits per heavy atom. The number of hydrogen-bond acceptors (Lipinski definition) is 2. The van der Waals surface area contributed by atoms with Crippen LogP contribution in [-0.4, -0.2) is 11.1 Å². The molecular weight excluding hydrogens is 290 g/mol. The van der Waals surface area contributed by atoms with Crippen molar-refractivity contribution in [3.63, 3.8) is 0 Å². The van der Waals surface area contributed by atoms with Gasteiger partial charge in [-0.1, -0.05) is 11.6 Å². The molecule has 2 rings (SSSR count). The number of rotatable bonds is 4. The fourth-order valence-corrected chi connectivity index (χ4v) is 1.72. The Kier molecular flexibility index (Phi) is 4.20. The molecule has 104 valence electrons. The molecule has 2 aromatic rings. The van der Waals surface area contributed by atoms with E-state index in [-0.39, 0.29) is 28.5 Å². The summed E-state index contributed by atoms with van der Waals surface area (Å²) in [5.74, 6) is -2.06. The Bertz CT molecular complexity index is 659. The second-order valence-electron chi connectivity index (χ2n) is 3.98. The van der Waals surface area contributed by atoms with Crippen molar-refractivity contribution >= 4 is 17.6 Å². The summed E-state index contributed by atoms with van der Waals surface area (Å²) in [6.07, 6.45) is 0. The lowest BCUT2D eigenvalue weighted by Gasteiger charge is -2.08. The van der Waals surface area contributed by atoms with Gasteiger partial charge in [-0.2, -0.15) is 0 Å².